The fourth-order valence-corrected chi connectivity index (χ4v) is 9.24. The number of hydrogen-bond donors (Lipinski definition) is 0. The molecule has 0 aromatic heterocycles. The topological polar surface area (TPSA) is 0 Å². The molecule has 0 fully saturated rings. The maximum Gasteiger partial charge on any atom is 0.180 e. The Hall–Kier alpha value is -3.42. The fraction of sp³-hybridized carbons (Fsp3) is 0. The van der Waals surface area contributed by atoms with E-state index in [0.29, 0.717) is 0 Å². The average Bonchev–Trinajstić information content (AvgIpc) is 2.79. The van der Waals surface area contributed by atoms with Gasteiger partial charge in [0.15, 0.2) is 8.07 Å². The number of hydrogen-bond acceptors (Lipinski definition) is 0. The van der Waals surface area contributed by atoms with Crippen LogP contribution in [0.3, 0.4) is 0 Å². The minimum Gasteiger partial charge on any atom is -0.0623 e. The van der Waals surface area contributed by atoms with Crippen LogP contribution in [0.1, 0.15) is 11.1 Å². The van der Waals surface area contributed by atoms with Crippen LogP contribution in [-0.2, 0) is 0 Å². The Balaban J connectivity index is 1.81. The molecule has 0 aliphatic carbocycles. The van der Waals surface area contributed by atoms with Crippen molar-refractivity contribution < 1.29 is 0 Å². The zero-order chi connectivity index (χ0) is 19.5. The van der Waals surface area contributed by atoms with Crippen molar-refractivity contribution >= 4 is 29.7 Å². The van der Waals surface area contributed by atoms with Gasteiger partial charge in [-0.15, -0.1) is 0 Å². The zero-order valence-electron chi connectivity index (χ0n) is 16.2. The van der Waals surface area contributed by atoms with Gasteiger partial charge < -0.3 is 0 Å². The molecule has 0 saturated heterocycles. The first-order valence-corrected chi connectivity index (χ1v) is 12.0. The molecule has 1 aliphatic heterocycles. The molecule has 0 atom stereocenters. The van der Waals surface area contributed by atoms with Gasteiger partial charge in [-0.05, 0) is 31.9 Å². The molecule has 0 radical (unpaired) electrons. The lowest BCUT2D eigenvalue weighted by atomic mass is 10.1. The summed E-state index contributed by atoms with van der Waals surface area (Å²) in [5.74, 6) is 0. The van der Waals surface area contributed by atoms with Gasteiger partial charge in [0.05, 0.1) is 0 Å². The van der Waals surface area contributed by atoms with Crippen molar-refractivity contribution in [3.8, 4) is 0 Å². The van der Waals surface area contributed by atoms with E-state index >= 15 is 0 Å². The molecule has 0 amide bonds. The third-order valence-corrected chi connectivity index (χ3v) is 10.6. The van der Waals surface area contributed by atoms with Crippen LogP contribution in [0, 0.1) is 0 Å². The third kappa shape index (κ3) is 3.00. The molecular formula is C28H22Si. The van der Waals surface area contributed by atoms with Gasteiger partial charge in [0.25, 0.3) is 0 Å². The summed E-state index contributed by atoms with van der Waals surface area (Å²) in [4.78, 5) is 0. The Morgan fingerprint density at radius 1 is 0.483 bits per heavy atom. The summed E-state index contributed by atoms with van der Waals surface area (Å²) in [7, 11) is -2.26. The lowest BCUT2D eigenvalue weighted by molar-refractivity contribution is 1.57. The van der Waals surface area contributed by atoms with Crippen LogP contribution in [0.5, 0.6) is 0 Å². The molecule has 0 nitrogen and oxygen atoms in total. The average molecular weight is 387 g/mol. The Labute approximate surface area is 173 Å². The van der Waals surface area contributed by atoms with Crippen molar-refractivity contribution in [2.75, 3.05) is 0 Å². The highest BCUT2D eigenvalue weighted by Gasteiger charge is 2.50. The maximum absolute atomic E-state index is 2.41. The second-order valence-corrected chi connectivity index (χ2v) is 11.2. The molecule has 4 aromatic rings. The lowest BCUT2D eigenvalue weighted by Gasteiger charge is -2.44. The number of allylic oxidation sites excluding steroid dienone is 2. The first kappa shape index (κ1) is 17.7. The van der Waals surface area contributed by atoms with Gasteiger partial charge in [-0.1, -0.05) is 133 Å². The quantitative estimate of drug-likeness (QED) is 0.406. The summed E-state index contributed by atoms with van der Waals surface area (Å²) in [6, 6.07) is 43.7. The molecular weight excluding hydrogens is 364 g/mol. The van der Waals surface area contributed by atoms with Gasteiger partial charge in [-0.3, -0.25) is 0 Å². The first-order valence-electron chi connectivity index (χ1n) is 10.0. The van der Waals surface area contributed by atoms with Crippen LogP contribution in [0.4, 0.5) is 0 Å². The van der Waals surface area contributed by atoms with Crippen molar-refractivity contribution in [3.63, 3.8) is 0 Å². The van der Waals surface area contributed by atoms with Gasteiger partial charge in [0, 0.05) is 0 Å². The van der Waals surface area contributed by atoms with Crippen LogP contribution in [-0.4, -0.2) is 8.07 Å². The van der Waals surface area contributed by atoms with Gasteiger partial charge in [-0.2, -0.15) is 0 Å². The summed E-state index contributed by atoms with van der Waals surface area (Å²) in [6.07, 6.45) is 4.80. The van der Waals surface area contributed by atoms with E-state index in [-0.39, 0.29) is 0 Å². The molecule has 0 N–H and O–H groups in total. The SMILES string of the molecule is C1=C(c2ccccc2)[Si](c2ccccc2)(c2ccccc2)/C1=C/c1ccccc1. The van der Waals surface area contributed by atoms with Crippen molar-refractivity contribution in [3.05, 3.63) is 144 Å². The highest BCUT2D eigenvalue weighted by Crippen LogP contribution is 2.42. The van der Waals surface area contributed by atoms with E-state index in [1.807, 2.05) is 0 Å². The maximum atomic E-state index is 2.41. The van der Waals surface area contributed by atoms with Gasteiger partial charge >= 0.3 is 0 Å². The van der Waals surface area contributed by atoms with E-state index in [9.17, 15) is 0 Å². The minimum absolute atomic E-state index is 1.26. The van der Waals surface area contributed by atoms with Gasteiger partial charge in [0.1, 0.15) is 0 Å². The highest BCUT2D eigenvalue weighted by molar-refractivity contribution is 7.23. The van der Waals surface area contributed by atoms with E-state index in [4.69, 9.17) is 0 Å². The summed E-state index contributed by atoms with van der Waals surface area (Å²) in [5, 5.41) is 5.82. The third-order valence-electron chi connectivity index (χ3n) is 5.76. The number of rotatable bonds is 4. The Kier molecular flexibility index (Phi) is 4.59. The molecule has 29 heavy (non-hydrogen) atoms. The van der Waals surface area contributed by atoms with E-state index in [1.54, 1.807) is 0 Å². The molecule has 1 heteroatoms. The molecule has 138 valence electrons. The molecule has 5 rings (SSSR count). The van der Waals surface area contributed by atoms with Gasteiger partial charge in [0.2, 0.25) is 0 Å². The standard InChI is InChI=1S/C28H22Si/c1-5-13-23(14-6-1)21-27-22-28(24-15-7-2-8-16-24)29(27,25-17-9-3-10-18-25)26-19-11-4-12-20-26/h1-22H/b27-21+. The second kappa shape index (κ2) is 7.54. The predicted octanol–water partition coefficient (Wildman–Crippen LogP) is 5.51. The molecule has 1 heterocycles. The van der Waals surface area contributed by atoms with E-state index in [1.165, 1.54) is 31.9 Å². The molecule has 0 bridgehead atoms. The Bertz CT molecular complexity index is 1120. The van der Waals surface area contributed by atoms with Crippen molar-refractivity contribution in [1.82, 2.24) is 0 Å². The Morgan fingerprint density at radius 2 is 0.931 bits per heavy atom. The monoisotopic (exact) mass is 386 g/mol. The van der Waals surface area contributed by atoms with Crippen LogP contribution < -0.4 is 10.4 Å². The van der Waals surface area contributed by atoms with Crippen molar-refractivity contribution in [2.45, 2.75) is 0 Å². The van der Waals surface area contributed by atoms with Crippen LogP contribution >= 0.6 is 0 Å². The van der Waals surface area contributed by atoms with E-state index in [2.05, 4.69) is 133 Å². The van der Waals surface area contributed by atoms with Crippen molar-refractivity contribution in [2.24, 2.45) is 0 Å². The molecule has 1 aliphatic rings. The van der Waals surface area contributed by atoms with Crippen molar-refractivity contribution in [1.29, 1.82) is 0 Å². The molecule has 0 spiro atoms. The van der Waals surface area contributed by atoms with Gasteiger partial charge in [-0.25, -0.2) is 0 Å². The largest absolute Gasteiger partial charge is 0.180 e. The first-order chi connectivity index (χ1) is 14.4. The second-order valence-electron chi connectivity index (χ2n) is 7.42. The Morgan fingerprint density at radius 3 is 1.45 bits per heavy atom. The molecule has 0 unspecified atom stereocenters. The number of benzene rings is 4. The normalized spacial score (nSPS) is 16.1. The minimum atomic E-state index is -2.26. The molecule has 4 aromatic carbocycles. The predicted molar refractivity (Wildman–Crippen MR) is 127 cm³/mol. The zero-order valence-corrected chi connectivity index (χ0v) is 17.2. The van der Waals surface area contributed by atoms with Crippen LogP contribution in [0.2, 0.25) is 0 Å². The summed E-state index contributed by atoms with van der Waals surface area (Å²) >= 11 is 0. The van der Waals surface area contributed by atoms with Crippen LogP contribution in [0.25, 0.3) is 11.3 Å². The summed E-state index contributed by atoms with van der Waals surface area (Å²) < 4.78 is 0. The smallest absolute Gasteiger partial charge is 0.0623 e. The van der Waals surface area contributed by atoms with E-state index < -0.39 is 8.07 Å². The molecule has 0 saturated carbocycles. The summed E-state index contributed by atoms with van der Waals surface area (Å²) in [5.41, 5.74) is 2.59. The van der Waals surface area contributed by atoms with E-state index in [0.717, 1.165) is 0 Å². The summed E-state index contributed by atoms with van der Waals surface area (Å²) in [6.45, 7) is 0. The highest BCUT2D eigenvalue weighted by atomic mass is 28.3. The van der Waals surface area contributed by atoms with Crippen LogP contribution in [0.15, 0.2) is 133 Å². The lowest BCUT2D eigenvalue weighted by Crippen LogP contribution is -2.64. The fourth-order valence-electron chi connectivity index (χ4n) is 4.43.